The number of terminal acetylenes is 1. The molecule has 28 heavy (non-hydrogen) atoms. The molecular formula is C20H14N2O6. The minimum Gasteiger partial charge on any atom is -0.493 e. The van der Waals surface area contributed by atoms with E-state index in [-0.39, 0.29) is 17.6 Å². The van der Waals surface area contributed by atoms with Gasteiger partial charge < -0.3 is 13.9 Å². The molecule has 2 aromatic heterocycles. The van der Waals surface area contributed by atoms with Gasteiger partial charge in [0.05, 0.1) is 7.11 Å². The zero-order valence-electron chi connectivity index (χ0n) is 14.7. The Morgan fingerprint density at radius 1 is 1.32 bits per heavy atom. The van der Waals surface area contributed by atoms with Crippen molar-refractivity contribution in [3.8, 4) is 23.8 Å². The third-order valence-electron chi connectivity index (χ3n) is 3.72. The molecule has 3 rings (SSSR count). The van der Waals surface area contributed by atoms with Crippen molar-refractivity contribution in [2.75, 3.05) is 13.7 Å². The zero-order chi connectivity index (χ0) is 20.1. The lowest BCUT2D eigenvalue weighted by Crippen LogP contribution is -2.29. The maximum atomic E-state index is 12.5. The molecule has 0 fully saturated rings. The van der Waals surface area contributed by atoms with Crippen LogP contribution in [0.25, 0.3) is 17.1 Å². The Hall–Kier alpha value is -4.12. The minimum atomic E-state index is -1.11. The number of hydrogen-bond donors (Lipinski definition) is 0. The summed E-state index contributed by atoms with van der Waals surface area (Å²) >= 11 is 0. The monoisotopic (exact) mass is 378 g/mol. The van der Waals surface area contributed by atoms with Gasteiger partial charge in [0.25, 0.3) is 5.91 Å². The lowest BCUT2D eigenvalue weighted by Gasteiger charge is -2.09. The van der Waals surface area contributed by atoms with Crippen molar-refractivity contribution < 1.29 is 18.7 Å². The lowest BCUT2D eigenvalue weighted by molar-refractivity contribution is 0.0960. The standard InChI is InChI=1S/C20H14N2O6/c1-3-11-27-15-8-6-13(12-16(15)26-2)7-9-17(23)22-18-14(5-4-10-21-18)19(24)28-20(22)25/h1,4-10,12H,11H2,2H3/b9-7+. The SMILES string of the molecule is C#CCOc1ccc(/C=C/C(=O)n2c(=O)oc(=O)c3cccnc32)cc1OC. The van der Waals surface area contributed by atoms with E-state index in [9.17, 15) is 14.4 Å². The minimum absolute atomic E-state index is 0.0283. The first kappa shape index (κ1) is 18.7. The molecule has 0 aliphatic rings. The van der Waals surface area contributed by atoms with Crippen LogP contribution < -0.4 is 20.9 Å². The van der Waals surface area contributed by atoms with Crippen molar-refractivity contribution >= 4 is 23.0 Å². The Labute approximate surface area is 158 Å². The number of hydrogen-bond acceptors (Lipinski definition) is 7. The fraction of sp³-hybridized carbons (Fsp3) is 0.100. The van der Waals surface area contributed by atoms with E-state index >= 15 is 0 Å². The molecular weight excluding hydrogens is 364 g/mol. The summed E-state index contributed by atoms with van der Waals surface area (Å²) in [5, 5.41) is 0.0283. The van der Waals surface area contributed by atoms with E-state index in [0.717, 1.165) is 6.08 Å². The summed E-state index contributed by atoms with van der Waals surface area (Å²) in [5.74, 6) is 1.42. The molecule has 3 aromatic rings. The first-order chi connectivity index (χ1) is 13.5. The van der Waals surface area contributed by atoms with Gasteiger partial charge in [-0.3, -0.25) is 4.79 Å². The molecule has 0 radical (unpaired) electrons. The molecule has 0 N–H and O–H groups in total. The summed E-state index contributed by atoms with van der Waals surface area (Å²) in [7, 11) is 1.47. The average Bonchev–Trinajstić information content (AvgIpc) is 2.71. The highest BCUT2D eigenvalue weighted by molar-refractivity contribution is 5.98. The molecule has 0 saturated carbocycles. The maximum absolute atomic E-state index is 12.5. The van der Waals surface area contributed by atoms with Crippen LogP contribution in [0.1, 0.15) is 10.4 Å². The second-order valence-electron chi connectivity index (χ2n) is 5.44. The Morgan fingerprint density at radius 3 is 2.89 bits per heavy atom. The lowest BCUT2D eigenvalue weighted by atomic mass is 10.2. The number of allylic oxidation sites excluding steroid dienone is 1. The van der Waals surface area contributed by atoms with Crippen LogP contribution >= 0.6 is 0 Å². The second kappa shape index (κ2) is 8.05. The third kappa shape index (κ3) is 3.68. The van der Waals surface area contributed by atoms with Crippen LogP contribution in [0.3, 0.4) is 0 Å². The molecule has 0 spiro atoms. The van der Waals surface area contributed by atoms with Crippen molar-refractivity contribution in [1.29, 1.82) is 0 Å². The van der Waals surface area contributed by atoms with Crippen LogP contribution in [0.2, 0.25) is 0 Å². The highest BCUT2D eigenvalue weighted by Gasteiger charge is 2.14. The summed E-state index contributed by atoms with van der Waals surface area (Å²) in [6.45, 7) is 0.0895. The fourth-order valence-corrected chi connectivity index (χ4v) is 2.46. The van der Waals surface area contributed by atoms with Crippen LogP contribution in [0.4, 0.5) is 0 Å². The van der Waals surface area contributed by atoms with Crippen molar-refractivity contribution in [1.82, 2.24) is 9.55 Å². The largest absolute Gasteiger partial charge is 0.493 e. The number of rotatable bonds is 5. The van der Waals surface area contributed by atoms with Gasteiger partial charge in [0.2, 0.25) is 0 Å². The van der Waals surface area contributed by atoms with Gasteiger partial charge in [-0.25, -0.2) is 14.6 Å². The van der Waals surface area contributed by atoms with E-state index in [1.165, 1.54) is 31.5 Å². The van der Waals surface area contributed by atoms with Gasteiger partial charge in [0.1, 0.15) is 12.0 Å². The number of aromatic nitrogens is 2. The molecule has 8 heteroatoms. The van der Waals surface area contributed by atoms with Gasteiger partial charge >= 0.3 is 11.4 Å². The van der Waals surface area contributed by atoms with Crippen molar-refractivity contribution in [3.05, 3.63) is 69.1 Å². The number of carbonyl (C=O) groups is 1. The molecule has 0 aliphatic carbocycles. The van der Waals surface area contributed by atoms with Crippen LogP contribution in [0, 0.1) is 12.3 Å². The summed E-state index contributed by atoms with van der Waals surface area (Å²) in [6, 6.07) is 7.89. The van der Waals surface area contributed by atoms with Crippen LogP contribution in [-0.4, -0.2) is 29.2 Å². The van der Waals surface area contributed by atoms with E-state index in [2.05, 4.69) is 15.3 Å². The van der Waals surface area contributed by atoms with E-state index in [0.29, 0.717) is 21.6 Å². The third-order valence-corrected chi connectivity index (χ3v) is 3.72. The van der Waals surface area contributed by atoms with Gasteiger partial charge in [-0.15, -0.1) is 6.42 Å². The highest BCUT2D eigenvalue weighted by Crippen LogP contribution is 2.28. The van der Waals surface area contributed by atoms with E-state index in [1.54, 1.807) is 18.2 Å². The smallest absolute Gasteiger partial charge is 0.430 e. The average molecular weight is 378 g/mol. The van der Waals surface area contributed by atoms with E-state index in [4.69, 9.17) is 15.9 Å². The Morgan fingerprint density at radius 2 is 2.14 bits per heavy atom. The quantitative estimate of drug-likeness (QED) is 0.492. The van der Waals surface area contributed by atoms with Crippen LogP contribution in [0.5, 0.6) is 11.5 Å². The maximum Gasteiger partial charge on any atom is 0.430 e. The van der Waals surface area contributed by atoms with Gasteiger partial charge in [-0.2, -0.15) is 4.57 Å². The molecule has 0 amide bonds. The van der Waals surface area contributed by atoms with Gasteiger partial charge in [0, 0.05) is 12.3 Å². The zero-order valence-corrected chi connectivity index (χ0v) is 14.7. The second-order valence-corrected chi connectivity index (χ2v) is 5.44. The first-order valence-electron chi connectivity index (χ1n) is 8.02. The Kier molecular flexibility index (Phi) is 5.37. The Balaban J connectivity index is 1.95. The summed E-state index contributed by atoms with van der Waals surface area (Å²) in [4.78, 5) is 40.2. The molecule has 0 saturated heterocycles. The van der Waals surface area contributed by atoms with Crippen molar-refractivity contribution in [2.24, 2.45) is 0 Å². The number of nitrogens with zero attached hydrogens (tertiary/aromatic N) is 2. The first-order valence-corrected chi connectivity index (χ1v) is 8.02. The molecule has 0 unspecified atom stereocenters. The molecule has 1 aromatic carbocycles. The summed E-state index contributed by atoms with van der Waals surface area (Å²) in [5.41, 5.74) is -0.316. The summed E-state index contributed by atoms with van der Waals surface area (Å²) in [6.07, 6.45) is 9.17. The number of benzene rings is 1. The predicted octanol–water partition coefficient (Wildman–Crippen LogP) is 1.72. The van der Waals surface area contributed by atoms with Crippen molar-refractivity contribution in [2.45, 2.75) is 0 Å². The van der Waals surface area contributed by atoms with E-state index < -0.39 is 17.3 Å². The van der Waals surface area contributed by atoms with Crippen molar-refractivity contribution in [3.63, 3.8) is 0 Å². The van der Waals surface area contributed by atoms with Gasteiger partial charge in [-0.05, 0) is 35.9 Å². The highest BCUT2D eigenvalue weighted by atomic mass is 16.5. The van der Waals surface area contributed by atoms with Gasteiger partial charge in [-0.1, -0.05) is 12.0 Å². The molecule has 8 nitrogen and oxygen atoms in total. The molecule has 0 atom stereocenters. The summed E-state index contributed by atoms with van der Waals surface area (Å²) < 4.78 is 15.9. The van der Waals surface area contributed by atoms with E-state index in [1.807, 2.05) is 0 Å². The molecule has 0 aliphatic heterocycles. The van der Waals surface area contributed by atoms with Gasteiger partial charge in [0.15, 0.2) is 17.1 Å². The number of carbonyl (C=O) groups excluding carboxylic acids is 1. The molecule has 0 bridgehead atoms. The molecule has 140 valence electrons. The Bertz CT molecular complexity index is 1230. The number of fused-ring (bicyclic) bond motifs is 1. The normalized spacial score (nSPS) is 10.7. The predicted molar refractivity (Wildman–Crippen MR) is 102 cm³/mol. The topological polar surface area (TPSA) is 101 Å². The fourth-order valence-electron chi connectivity index (χ4n) is 2.46. The number of ether oxygens (including phenoxy) is 2. The number of pyridine rings is 1. The molecule has 2 heterocycles. The van der Waals surface area contributed by atoms with Crippen LogP contribution in [0.15, 0.2) is 56.6 Å². The van der Waals surface area contributed by atoms with Crippen LogP contribution in [-0.2, 0) is 0 Å². The number of methoxy groups -OCH3 is 1.